The van der Waals surface area contributed by atoms with Gasteiger partial charge in [-0.3, -0.25) is 10.1 Å². The van der Waals surface area contributed by atoms with E-state index in [1.807, 2.05) is 0 Å². The number of ether oxygens (including phenoxy) is 3. The van der Waals surface area contributed by atoms with Gasteiger partial charge in [0.2, 0.25) is 5.91 Å². The first-order valence-electron chi connectivity index (χ1n) is 11.9. The highest BCUT2D eigenvalue weighted by Crippen LogP contribution is 2.29. The lowest BCUT2D eigenvalue weighted by Crippen LogP contribution is -2.28. The summed E-state index contributed by atoms with van der Waals surface area (Å²) < 4.78 is 18.1. The number of nitrogen functional groups attached to an aromatic ring is 1. The highest BCUT2D eigenvalue weighted by molar-refractivity contribution is 9.10. The zero-order chi connectivity index (χ0) is 27.3. The van der Waals surface area contributed by atoms with E-state index in [2.05, 4.69) is 26.6 Å². The van der Waals surface area contributed by atoms with Crippen molar-refractivity contribution in [3.8, 4) is 5.75 Å². The summed E-state index contributed by atoms with van der Waals surface area (Å²) in [5, 5.41) is 14.5. The van der Waals surface area contributed by atoms with Gasteiger partial charge in [-0.1, -0.05) is 40.2 Å². The maximum absolute atomic E-state index is 12.9. The number of para-hydroxylation sites is 2. The van der Waals surface area contributed by atoms with E-state index < -0.39 is 24.2 Å². The van der Waals surface area contributed by atoms with Crippen LogP contribution in [0.1, 0.15) is 18.6 Å². The van der Waals surface area contributed by atoms with Crippen LogP contribution in [0, 0.1) is 0 Å². The van der Waals surface area contributed by atoms with Gasteiger partial charge in [-0.25, -0.2) is 4.79 Å². The van der Waals surface area contributed by atoms with Crippen LogP contribution in [0.5, 0.6) is 5.75 Å². The van der Waals surface area contributed by atoms with Crippen molar-refractivity contribution in [2.75, 3.05) is 36.2 Å². The van der Waals surface area contributed by atoms with Crippen LogP contribution in [0.2, 0.25) is 0 Å². The fraction of sp³-hybridized carbons (Fsp3) is 0.214. The van der Waals surface area contributed by atoms with Gasteiger partial charge in [0.05, 0.1) is 18.0 Å². The molecule has 200 valence electrons. The number of aliphatic hydroxyl groups excluding tert-OH is 1. The van der Waals surface area contributed by atoms with Gasteiger partial charge in [0, 0.05) is 22.8 Å². The number of carbonyl (C=O) groups is 2. The number of benzene rings is 3. The van der Waals surface area contributed by atoms with Crippen LogP contribution in [0.3, 0.4) is 0 Å². The molecule has 0 radical (unpaired) electrons. The first kappa shape index (κ1) is 28.7. The molecular weight excluding hydrogens is 554 g/mol. The second-order valence-electron chi connectivity index (χ2n) is 7.96. The molecule has 0 heterocycles. The van der Waals surface area contributed by atoms with Crippen molar-refractivity contribution in [3.05, 3.63) is 95.0 Å². The van der Waals surface area contributed by atoms with Crippen LogP contribution in [0.25, 0.3) is 0 Å². The number of rotatable bonds is 12. The Labute approximate surface area is 229 Å². The third kappa shape index (κ3) is 8.91. The first-order chi connectivity index (χ1) is 18.4. The van der Waals surface area contributed by atoms with Crippen LogP contribution in [0.15, 0.2) is 89.4 Å². The van der Waals surface area contributed by atoms with Crippen LogP contribution in [0.4, 0.5) is 21.9 Å². The molecule has 0 aliphatic carbocycles. The molecule has 5 N–H and O–H groups in total. The van der Waals surface area contributed by atoms with Gasteiger partial charge in [0.25, 0.3) is 0 Å². The third-order valence-corrected chi connectivity index (χ3v) is 5.71. The summed E-state index contributed by atoms with van der Waals surface area (Å²) in [6, 6.07) is 20.9. The minimum atomic E-state index is -0.936. The van der Waals surface area contributed by atoms with E-state index in [1.54, 1.807) is 79.7 Å². The van der Waals surface area contributed by atoms with Gasteiger partial charge >= 0.3 is 6.09 Å². The number of nitrogens with one attached hydrogen (secondary N) is 2. The zero-order valence-electron chi connectivity index (χ0n) is 20.8. The Hall–Kier alpha value is -3.86. The zero-order valence-corrected chi connectivity index (χ0v) is 22.4. The van der Waals surface area contributed by atoms with Crippen LogP contribution < -0.4 is 21.1 Å². The standard InChI is InChI=1S/C28H30BrN3O6/c1-2-36-25(14-15-26(34)32-24-9-4-3-8-23(24)30)27(19-6-5-7-22(18-19)37-17-16-33)38-28(35)31-21-12-10-20(29)11-13-21/h3-15,18,25,27,33H,2,16-17,30H2,1H3,(H,31,35)(H,32,34)/b15-14+/t25-,27-/m0/s1. The number of nitrogens with two attached hydrogens (primary N) is 1. The van der Waals surface area contributed by atoms with E-state index in [0.717, 1.165) is 4.47 Å². The van der Waals surface area contributed by atoms with Crippen molar-refractivity contribution in [2.45, 2.75) is 19.1 Å². The van der Waals surface area contributed by atoms with E-state index in [4.69, 9.17) is 25.1 Å². The SMILES string of the molecule is CCO[C@@H](/C=C/C(=O)Nc1ccccc1N)[C@@H](OC(=O)Nc1ccc(Br)cc1)c1cccc(OCCO)c1. The lowest BCUT2D eigenvalue weighted by Gasteiger charge is -2.25. The monoisotopic (exact) mass is 583 g/mol. The van der Waals surface area contributed by atoms with E-state index in [0.29, 0.717) is 28.4 Å². The predicted molar refractivity (Wildman–Crippen MR) is 150 cm³/mol. The molecule has 0 saturated carbocycles. The van der Waals surface area contributed by atoms with Crippen LogP contribution in [-0.2, 0) is 14.3 Å². The normalized spacial score (nSPS) is 12.5. The number of amides is 2. The number of halogens is 1. The summed E-state index contributed by atoms with van der Waals surface area (Å²) >= 11 is 3.36. The number of aliphatic hydroxyl groups is 1. The molecule has 0 spiro atoms. The van der Waals surface area contributed by atoms with E-state index in [1.165, 1.54) is 12.2 Å². The topological polar surface area (TPSA) is 132 Å². The van der Waals surface area contributed by atoms with Gasteiger partial charge in [0.15, 0.2) is 6.10 Å². The summed E-state index contributed by atoms with van der Waals surface area (Å²) in [5.74, 6) is 0.0562. The first-order valence-corrected chi connectivity index (χ1v) is 12.7. The molecule has 9 nitrogen and oxygen atoms in total. The molecule has 2 amide bonds. The second kappa shape index (κ2) is 14.8. The molecule has 3 rings (SSSR count). The van der Waals surface area contributed by atoms with Crippen molar-refractivity contribution < 1.29 is 28.9 Å². The highest BCUT2D eigenvalue weighted by atomic mass is 79.9. The Morgan fingerprint density at radius 1 is 1.05 bits per heavy atom. The lowest BCUT2D eigenvalue weighted by atomic mass is 10.0. The third-order valence-electron chi connectivity index (χ3n) is 5.18. The largest absolute Gasteiger partial charge is 0.491 e. The van der Waals surface area contributed by atoms with Gasteiger partial charge < -0.3 is 30.4 Å². The van der Waals surface area contributed by atoms with Gasteiger partial charge in [-0.15, -0.1) is 0 Å². The lowest BCUT2D eigenvalue weighted by molar-refractivity contribution is -0.112. The summed E-state index contributed by atoms with van der Waals surface area (Å²) in [4.78, 5) is 25.5. The quantitative estimate of drug-likeness (QED) is 0.168. The maximum Gasteiger partial charge on any atom is 0.412 e. The minimum Gasteiger partial charge on any atom is -0.491 e. The average Bonchev–Trinajstić information content (AvgIpc) is 2.91. The summed E-state index contributed by atoms with van der Waals surface area (Å²) in [6.07, 6.45) is 0.369. The fourth-order valence-electron chi connectivity index (χ4n) is 3.47. The summed E-state index contributed by atoms with van der Waals surface area (Å²) in [7, 11) is 0. The molecule has 0 aromatic heterocycles. The average molecular weight is 584 g/mol. The molecular formula is C28H30BrN3O6. The molecule has 0 saturated heterocycles. The maximum atomic E-state index is 12.9. The predicted octanol–water partition coefficient (Wildman–Crippen LogP) is 5.29. The van der Waals surface area contributed by atoms with Crippen molar-refractivity contribution in [1.29, 1.82) is 0 Å². The summed E-state index contributed by atoms with van der Waals surface area (Å²) in [6.45, 7) is 2.05. The fourth-order valence-corrected chi connectivity index (χ4v) is 3.73. The highest BCUT2D eigenvalue weighted by Gasteiger charge is 2.27. The molecule has 0 fully saturated rings. The molecule has 0 aliphatic rings. The van der Waals surface area contributed by atoms with Crippen LogP contribution in [-0.4, -0.2) is 43.0 Å². The van der Waals surface area contributed by atoms with Gasteiger partial charge in [0.1, 0.15) is 18.5 Å². The Morgan fingerprint density at radius 3 is 2.53 bits per heavy atom. The molecule has 3 aromatic carbocycles. The Bertz CT molecular complexity index is 1240. The van der Waals surface area contributed by atoms with E-state index in [9.17, 15) is 9.59 Å². The molecule has 38 heavy (non-hydrogen) atoms. The second-order valence-corrected chi connectivity index (χ2v) is 8.87. The van der Waals surface area contributed by atoms with Crippen molar-refractivity contribution >= 4 is 45.0 Å². The Morgan fingerprint density at radius 2 is 1.82 bits per heavy atom. The number of hydrogen-bond acceptors (Lipinski definition) is 7. The molecule has 3 aromatic rings. The Balaban J connectivity index is 1.85. The molecule has 0 bridgehead atoms. The smallest absolute Gasteiger partial charge is 0.412 e. The summed E-state index contributed by atoms with van der Waals surface area (Å²) in [5.41, 5.74) is 7.94. The molecule has 10 heteroatoms. The van der Waals surface area contributed by atoms with Gasteiger partial charge in [-0.2, -0.15) is 0 Å². The van der Waals surface area contributed by atoms with Crippen molar-refractivity contribution in [2.24, 2.45) is 0 Å². The molecule has 0 unspecified atom stereocenters. The number of hydrogen-bond donors (Lipinski definition) is 4. The number of carbonyl (C=O) groups excluding carboxylic acids is 2. The Kier molecular flexibility index (Phi) is 11.2. The minimum absolute atomic E-state index is 0.108. The number of anilines is 3. The van der Waals surface area contributed by atoms with E-state index >= 15 is 0 Å². The molecule has 0 aliphatic heterocycles. The van der Waals surface area contributed by atoms with Crippen LogP contribution >= 0.6 is 15.9 Å². The van der Waals surface area contributed by atoms with Gasteiger partial charge in [-0.05, 0) is 67.1 Å². The van der Waals surface area contributed by atoms with Crippen molar-refractivity contribution in [1.82, 2.24) is 0 Å². The van der Waals surface area contributed by atoms with E-state index in [-0.39, 0.29) is 19.8 Å². The molecule has 2 atom stereocenters. The van der Waals surface area contributed by atoms with Crippen molar-refractivity contribution in [3.63, 3.8) is 0 Å².